The predicted octanol–water partition coefficient (Wildman–Crippen LogP) is 4.41. The maximum absolute atomic E-state index is 12.6. The van der Waals surface area contributed by atoms with Crippen molar-refractivity contribution in [2.75, 3.05) is 12.4 Å². The quantitative estimate of drug-likeness (QED) is 0.527. The minimum atomic E-state index is -4.44. The van der Waals surface area contributed by atoms with Crippen molar-refractivity contribution >= 4 is 22.3 Å². The maximum atomic E-state index is 12.6. The lowest BCUT2D eigenvalue weighted by Crippen LogP contribution is -2.24. The average molecular weight is 417 g/mol. The van der Waals surface area contributed by atoms with Gasteiger partial charge in [-0.15, -0.1) is 0 Å². The Hall–Kier alpha value is -2.16. The fourth-order valence-corrected chi connectivity index (χ4v) is 4.20. The molecule has 0 radical (unpaired) electrons. The van der Waals surface area contributed by atoms with Gasteiger partial charge >= 0.3 is 6.18 Å². The number of aliphatic hydroxyl groups is 1. The van der Waals surface area contributed by atoms with Gasteiger partial charge in [-0.3, -0.25) is 9.00 Å². The summed E-state index contributed by atoms with van der Waals surface area (Å²) in [5.41, 5.74) is -0.317. The first-order valence-corrected chi connectivity index (χ1v) is 10.1. The molecule has 154 valence electrons. The molecule has 0 aromatic heterocycles. The molecule has 1 aliphatic rings. The van der Waals surface area contributed by atoms with Crippen molar-refractivity contribution in [3.05, 3.63) is 41.2 Å². The zero-order valence-electron chi connectivity index (χ0n) is 15.6. The van der Waals surface area contributed by atoms with Crippen molar-refractivity contribution in [3.8, 4) is 0 Å². The molecule has 0 bridgehead atoms. The number of nitrogens with zero attached hydrogens (tertiary/aromatic N) is 1. The third kappa shape index (κ3) is 5.67. The Morgan fingerprint density at radius 3 is 2.46 bits per heavy atom. The summed E-state index contributed by atoms with van der Waals surface area (Å²) in [5, 5.41) is 14.0. The normalized spacial score (nSPS) is 19.7. The average Bonchev–Trinajstić information content (AvgIpc) is 2.63. The van der Waals surface area contributed by atoms with Crippen molar-refractivity contribution in [2.45, 2.75) is 44.2 Å². The molecule has 2 unspecified atom stereocenters. The van der Waals surface area contributed by atoms with Crippen LogP contribution in [0.4, 0.5) is 13.2 Å². The first-order chi connectivity index (χ1) is 13.1. The number of halogens is 3. The molecule has 0 saturated heterocycles. The second kappa shape index (κ2) is 9.36. The van der Waals surface area contributed by atoms with E-state index < -0.39 is 22.5 Å². The summed E-state index contributed by atoms with van der Waals surface area (Å²) in [7, 11) is -1.48. The Kier molecular flexibility index (Phi) is 7.40. The molecular weight excluding hydrogens is 395 g/mol. The van der Waals surface area contributed by atoms with Gasteiger partial charge in [-0.2, -0.15) is 13.2 Å². The highest BCUT2D eigenvalue weighted by Gasteiger charge is 2.31. The van der Waals surface area contributed by atoms with E-state index in [-0.39, 0.29) is 41.6 Å². The van der Waals surface area contributed by atoms with Crippen LogP contribution in [0.3, 0.4) is 0 Å². The standard InChI is InChI=1S/C19H22F3NO4S/c1-3-27-23-12(2)18-16(24)10-13(11-17(18)25)8-9-28(26)15-6-4-14(5-7-15)19(20,21)22/h4-7,13,24H,3,8-11H2,1-2H3. The first-order valence-electron chi connectivity index (χ1n) is 8.81. The molecule has 0 heterocycles. The van der Waals surface area contributed by atoms with Gasteiger partial charge < -0.3 is 9.94 Å². The van der Waals surface area contributed by atoms with Crippen LogP contribution < -0.4 is 0 Å². The number of hydrogen-bond donors (Lipinski definition) is 1. The highest BCUT2D eigenvalue weighted by atomic mass is 32.2. The summed E-state index contributed by atoms with van der Waals surface area (Å²) in [6.07, 6.45) is -3.60. The van der Waals surface area contributed by atoms with Gasteiger partial charge in [-0.1, -0.05) is 5.16 Å². The molecule has 0 aliphatic heterocycles. The summed E-state index contributed by atoms with van der Waals surface area (Å²) < 4.78 is 50.1. The number of benzene rings is 1. The van der Waals surface area contributed by atoms with E-state index >= 15 is 0 Å². The van der Waals surface area contributed by atoms with Gasteiger partial charge in [-0.05, 0) is 50.5 Å². The molecular formula is C19H22F3NO4S. The Labute approximate surface area is 163 Å². The van der Waals surface area contributed by atoms with Crippen LogP contribution in [0.25, 0.3) is 0 Å². The van der Waals surface area contributed by atoms with E-state index in [0.29, 0.717) is 23.6 Å². The van der Waals surface area contributed by atoms with Gasteiger partial charge in [0.2, 0.25) is 0 Å². The van der Waals surface area contributed by atoms with Crippen LogP contribution in [0.2, 0.25) is 0 Å². The minimum absolute atomic E-state index is 0.0671. The van der Waals surface area contributed by atoms with Gasteiger partial charge in [-0.25, -0.2) is 0 Å². The van der Waals surface area contributed by atoms with Gasteiger partial charge in [0.05, 0.1) is 27.6 Å². The Morgan fingerprint density at radius 2 is 1.93 bits per heavy atom. The van der Waals surface area contributed by atoms with E-state index in [9.17, 15) is 27.3 Å². The molecule has 0 fully saturated rings. The number of alkyl halides is 3. The number of aliphatic hydroxyl groups excluding tert-OH is 1. The second-order valence-corrected chi connectivity index (χ2v) is 8.04. The summed E-state index contributed by atoms with van der Waals surface area (Å²) in [5.74, 6) is -0.315. The van der Waals surface area contributed by atoms with Crippen LogP contribution in [-0.2, 0) is 26.6 Å². The van der Waals surface area contributed by atoms with E-state index in [1.54, 1.807) is 13.8 Å². The fraction of sp³-hybridized carbons (Fsp3) is 0.474. The van der Waals surface area contributed by atoms with Crippen LogP contribution in [-0.4, -0.2) is 33.2 Å². The zero-order valence-corrected chi connectivity index (χ0v) is 16.4. The van der Waals surface area contributed by atoms with Crippen molar-refractivity contribution in [1.82, 2.24) is 0 Å². The molecule has 1 aliphatic carbocycles. The lowest BCUT2D eigenvalue weighted by molar-refractivity contribution is -0.137. The topological polar surface area (TPSA) is 76.0 Å². The third-order valence-corrected chi connectivity index (χ3v) is 5.78. The Morgan fingerprint density at radius 1 is 1.29 bits per heavy atom. The molecule has 1 aromatic carbocycles. The number of hydrogen-bond acceptors (Lipinski definition) is 5. The van der Waals surface area contributed by atoms with Crippen LogP contribution in [0.1, 0.15) is 38.7 Å². The second-order valence-electron chi connectivity index (χ2n) is 6.47. The Balaban J connectivity index is 1.98. The number of allylic oxidation sites excluding steroid dienone is 2. The van der Waals surface area contributed by atoms with Crippen molar-refractivity contribution in [3.63, 3.8) is 0 Å². The lowest BCUT2D eigenvalue weighted by atomic mass is 9.84. The largest absolute Gasteiger partial charge is 0.511 e. The van der Waals surface area contributed by atoms with Crippen molar-refractivity contribution in [2.24, 2.45) is 11.1 Å². The molecule has 28 heavy (non-hydrogen) atoms. The van der Waals surface area contributed by atoms with Crippen LogP contribution in [0.15, 0.2) is 45.6 Å². The maximum Gasteiger partial charge on any atom is 0.416 e. The van der Waals surface area contributed by atoms with Gasteiger partial charge in [0.1, 0.15) is 12.4 Å². The number of carbonyl (C=O) groups excluding carboxylic acids is 1. The fourth-order valence-electron chi connectivity index (χ4n) is 2.98. The molecule has 2 rings (SSSR count). The third-order valence-electron chi connectivity index (χ3n) is 4.37. The number of rotatable bonds is 7. The summed E-state index contributed by atoms with van der Waals surface area (Å²) in [4.78, 5) is 17.5. The van der Waals surface area contributed by atoms with E-state index in [2.05, 4.69) is 5.16 Å². The highest BCUT2D eigenvalue weighted by Crippen LogP contribution is 2.31. The molecule has 9 heteroatoms. The van der Waals surface area contributed by atoms with Gasteiger partial charge in [0.25, 0.3) is 0 Å². The molecule has 1 aromatic rings. The number of ketones is 1. The number of oxime groups is 1. The molecule has 0 amide bonds. The first kappa shape index (κ1) is 22.1. The van der Waals surface area contributed by atoms with E-state index in [4.69, 9.17) is 4.84 Å². The van der Waals surface area contributed by atoms with Crippen molar-refractivity contribution in [1.29, 1.82) is 0 Å². The Bertz CT molecular complexity index is 800. The van der Waals surface area contributed by atoms with Crippen LogP contribution in [0.5, 0.6) is 0 Å². The molecule has 2 atom stereocenters. The lowest BCUT2D eigenvalue weighted by Gasteiger charge is -2.23. The smallest absolute Gasteiger partial charge is 0.416 e. The SMILES string of the molecule is CCON=C(C)C1=C(O)CC(CCS(=O)c2ccc(C(F)(F)F)cc2)CC1=O. The minimum Gasteiger partial charge on any atom is -0.511 e. The van der Waals surface area contributed by atoms with Gasteiger partial charge in [0, 0.05) is 23.5 Å². The monoisotopic (exact) mass is 417 g/mol. The van der Waals surface area contributed by atoms with Crippen LogP contribution in [0, 0.1) is 5.92 Å². The summed E-state index contributed by atoms with van der Waals surface area (Å²) in [6.45, 7) is 3.68. The number of Topliss-reactive ketones (excluding diaryl/α,β-unsaturated/α-hetero) is 1. The molecule has 1 N–H and O–H groups in total. The predicted molar refractivity (Wildman–Crippen MR) is 99.5 cm³/mol. The zero-order chi connectivity index (χ0) is 20.9. The van der Waals surface area contributed by atoms with Gasteiger partial charge in [0.15, 0.2) is 5.78 Å². The summed E-state index contributed by atoms with van der Waals surface area (Å²) >= 11 is 0. The molecule has 5 nitrogen and oxygen atoms in total. The van der Waals surface area contributed by atoms with Crippen LogP contribution >= 0.6 is 0 Å². The van der Waals surface area contributed by atoms with Crippen molar-refractivity contribution < 1.29 is 32.1 Å². The number of carbonyl (C=O) groups is 1. The molecule has 0 saturated carbocycles. The molecule has 0 spiro atoms. The van der Waals surface area contributed by atoms with E-state index in [1.807, 2.05) is 0 Å². The summed E-state index contributed by atoms with van der Waals surface area (Å²) in [6, 6.07) is 4.21. The highest BCUT2D eigenvalue weighted by molar-refractivity contribution is 7.85. The van der Waals surface area contributed by atoms with E-state index in [1.165, 1.54) is 12.1 Å². The van der Waals surface area contributed by atoms with E-state index in [0.717, 1.165) is 12.1 Å².